The van der Waals surface area contributed by atoms with Crippen LogP contribution in [0.15, 0.2) is 12.3 Å². The van der Waals surface area contributed by atoms with Gasteiger partial charge in [-0.2, -0.15) is 5.10 Å². The molecular formula is C13H21N3O. The molecule has 0 spiro atoms. The maximum absolute atomic E-state index is 5.30. The number of methoxy groups -OCH3 is 1. The van der Waals surface area contributed by atoms with Crippen LogP contribution in [0.4, 0.5) is 0 Å². The number of hydrogen-bond acceptors (Lipinski definition) is 3. The van der Waals surface area contributed by atoms with E-state index in [0.29, 0.717) is 0 Å². The monoisotopic (exact) mass is 235 g/mol. The number of allylic oxidation sites excluding steroid dienone is 1. The van der Waals surface area contributed by atoms with Crippen molar-refractivity contribution in [1.82, 2.24) is 15.1 Å². The van der Waals surface area contributed by atoms with E-state index in [9.17, 15) is 0 Å². The number of aromatic nitrogens is 2. The highest BCUT2D eigenvalue weighted by atomic mass is 16.5. The van der Waals surface area contributed by atoms with Crippen LogP contribution in [0.2, 0.25) is 0 Å². The normalized spacial score (nSPS) is 16.3. The third-order valence-corrected chi connectivity index (χ3v) is 3.10. The Balaban J connectivity index is 1.93. The van der Waals surface area contributed by atoms with Gasteiger partial charge in [-0.3, -0.25) is 4.68 Å². The Bertz CT molecular complexity index is 405. The predicted octanol–water partition coefficient (Wildman–Crippen LogP) is 1.97. The van der Waals surface area contributed by atoms with Gasteiger partial charge in [0, 0.05) is 13.1 Å². The molecule has 1 aliphatic carbocycles. The molecular weight excluding hydrogens is 214 g/mol. The molecule has 0 atom stereocenters. The topological polar surface area (TPSA) is 39.1 Å². The van der Waals surface area contributed by atoms with E-state index < -0.39 is 0 Å². The molecule has 0 unspecified atom stereocenters. The summed E-state index contributed by atoms with van der Waals surface area (Å²) in [7, 11) is 3.63. The highest BCUT2D eigenvalue weighted by Crippen LogP contribution is 2.25. The summed E-state index contributed by atoms with van der Waals surface area (Å²) in [6, 6.07) is 0.787. The molecule has 0 aromatic carbocycles. The van der Waals surface area contributed by atoms with Crippen LogP contribution in [0.5, 0.6) is 5.75 Å². The molecule has 1 aliphatic rings. The fourth-order valence-corrected chi connectivity index (χ4v) is 1.98. The Morgan fingerprint density at radius 3 is 3.06 bits per heavy atom. The van der Waals surface area contributed by atoms with Crippen molar-refractivity contribution < 1.29 is 4.74 Å². The zero-order valence-corrected chi connectivity index (χ0v) is 10.9. The zero-order chi connectivity index (χ0) is 12.3. The molecule has 2 rings (SSSR count). The fraction of sp³-hybridized carbons (Fsp3) is 0.615. The Hall–Kier alpha value is -1.29. The van der Waals surface area contributed by atoms with Crippen molar-refractivity contribution >= 4 is 5.57 Å². The van der Waals surface area contributed by atoms with Crippen molar-refractivity contribution in [2.45, 2.75) is 32.2 Å². The second-order valence-corrected chi connectivity index (χ2v) is 4.59. The van der Waals surface area contributed by atoms with Crippen LogP contribution in [0.3, 0.4) is 0 Å². The largest absolute Gasteiger partial charge is 0.493 e. The third-order valence-electron chi connectivity index (χ3n) is 3.10. The Morgan fingerprint density at radius 2 is 2.41 bits per heavy atom. The molecule has 0 aliphatic heterocycles. The number of ether oxygens (including phenoxy) is 1. The van der Waals surface area contributed by atoms with Crippen molar-refractivity contribution in [1.29, 1.82) is 0 Å². The lowest BCUT2D eigenvalue weighted by Crippen LogP contribution is -2.16. The average molecular weight is 235 g/mol. The molecule has 4 nitrogen and oxygen atoms in total. The van der Waals surface area contributed by atoms with E-state index in [0.717, 1.165) is 30.5 Å². The quantitative estimate of drug-likeness (QED) is 0.766. The van der Waals surface area contributed by atoms with E-state index in [2.05, 4.69) is 23.4 Å². The van der Waals surface area contributed by atoms with Crippen LogP contribution in [0.25, 0.3) is 5.57 Å². The minimum absolute atomic E-state index is 0.787. The van der Waals surface area contributed by atoms with Gasteiger partial charge in [0.2, 0.25) is 0 Å². The van der Waals surface area contributed by atoms with Gasteiger partial charge in [0.25, 0.3) is 0 Å². The molecule has 94 valence electrons. The van der Waals surface area contributed by atoms with Crippen LogP contribution < -0.4 is 10.1 Å². The molecule has 0 radical (unpaired) electrons. The van der Waals surface area contributed by atoms with Crippen molar-refractivity contribution in [3.05, 3.63) is 18.0 Å². The van der Waals surface area contributed by atoms with Crippen LogP contribution >= 0.6 is 0 Å². The van der Waals surface area contributed by atoms with Crippen molar-refractivity contribution in [3.8, 4) is 5.75 Å². The first kappa shape index (κ1) is 12.2. The van der Waals surface area contributed by atoms with Gasteiger partial charge in [-0.25, -0.2) is 0 Å². The molecule has 0 amide bonds. The Morgan fingerprint density at radius 1 is 1.65 bits per heavy atom. The third kappa shape index (κ3) is 3.09. The van der Waals surface area contributed by atoms with E-state index in [1.54, 1.807) is 13.3 Å². The van der Waals surface area contributed by atoms with Crippen LogP contribution in [0, 0.1) is 0 Å². The standard InChI is InChI=1S/C13H21N3O/c1-10(5-4-8-14-11-6-7-11)13-12(17-3)9-15-16(13)2/h5,9,11,14H,4,6-8H2,1-3H3. The summed E-state index contributed by atoms with van der Waals surface area (Å²) in [5, 5.41) is 7.71. The van der Waals surface area contributed by atoms with E-state index in [4.69, 9.17) is 4.74 Å². The van der Waals surface area contributed by atoms with E-state index in [1.807, 2.05) is 11.7 Å². The first-order valence-corrected chi connectivity index (χ1v) is 6.19. The van der Waals surface area contributed by atoms with Crippen molar-refractivity contribution in [3.63, 3.8) is 0 Å². The van der Waals surface area contributed by atoms with Gasteiger partial charge >= 0.3 is 0 Å². The lowest BCUT2D eigenvalue weighted by atomic mass is 10.1. The highest BCUT2D eigenvalue weighted by Gasteiger charge is 2.19. The molecule has 4 heteroatoms. The lowest BCUT2D eigenvalue weighted by molar-refractivity contribution is 0.413. The van der Waals surface area contributed by atoms with Crippen LogP contribution in [-0.2, 0) is 7.05 Å². The fourth-order valence-electron chi connectivity index (χ4n) is 1.98. The minimum Gasteiger partial charge on any atom is -0.493 e. The summed E-state index contributed by atoms with van der Waals surface area (Å²) in [6.45, 7) is 3.17. The maximum Gasteiger partial charge on any atom is 0.164 e. The van der Waals surface area contributed by atoms with Crippen molar-refractivity contribution in [2.24, 2.45) is 7.05 Å². The molecule has 1 aromatic rings. The maximum atomic E-state index is 5.30. The molecule has 1 fully saturated rings. The Labute approximate surface area is 103 Å². The van der Waals surface area contributed by atoms with E-state index >= 15 is 0 Å². The number of aryl methyl sites for hydroxylation is 1. The second-order valence-electron chi connectivity index (χ2n) is 4.59. The van der Waals surface area contributed by atoms with Gasteiger partial charge in [0.1, 0.15) is 5.69 Å². The number of hydrogen-bond donors (Lipinski definition) is 1. The summed E-state index contributed by atoms with van der Waals surface area (Å²) in [5.74, 6) is 0.844. The first-order chi connectivity index (χ1) is 8.22. The molecule has 1 heterocycles. The molecule has 1 saturated carbocycles. The number of rotatable bonds is 6. The van der Waals surface area contributed by atoms with E-state index in [1.165, 1.54) is 18.4 Å². The van der Waals surface area contributed by atoms with Gasteiger partial charge in [-0.05, 0) is 38.3 Å². The predicted molar refractivity (Wildman–Crippen MR) is 69.1 cm³/mol. The van der Waals surface area contributed by atoms with Gasteiger partial charge in [-0.15, -0.1) is 0 Å². The summed E-state index contributed by atoms with van der Waals surface area (Å²) in [6.07, 6.45) is 7.75. The van der Waals surface area contributed by atoms with E-state index in [-0.39, 0.29) is 0 Å². The average Bonchev–Trinajstić information content (AvgIpc) is 3.06. The smallest absolute Gasteiger partial charge is 0.164 e. The molecule has 0 saturated heterocycles. The number of nitrogens with one attached hydrogen (secondary N) is 1. The van der Waals surface area contributed by atoms with Gasteiger partial charge in [0.15, 0.2) is 5.75 Å². The summed E-state index contributed by atoms with van der Waals surface area (Å²) < 4.78 is 7.16. The SMILES string of the molecule is COc1cnn(C)c1C(C)=CCCNC1CC1. The van der Waals surface area contributed by atoms with Crippen LogP contribution in [0.1, 0.15) is 31.9 Å². The minimum atomic E-state index is 0.787. The summed E-state index contributed by atoms with van der Waals surface area (Å²) in [5.41, 5.74) is 2.29. The lowest BCUT2D eigenvalue weighted by Gasteiger charge is -2.06. The van der Waals surface area contributed by atoms with Crippen molar-refractivity contribution in [2.75, 3.05) is 13.7 Å². The second kappa shape index (κ2) is 5.36. The first-order valence-electron chi connectivity index (χ1n) is 6.19. The highest BCUT2D eigenvalue weighted by molar-refractivity contribution is 5.65. The molecule has 1 N–H and O–H groups in total. The molecule has 17 heavy (non-hydrogen) atoms. The van der Waals surface area contributed by atoms with Gasteiger partial charge < -0.3 is 10.1 Å². The summed E-state index contributed by atoms with van der Waals surface area (Å²) in [4.78, 5) is 0. The van der Waals surface area contributed by atoms with Gasteiger partial charge in [-0.1, -0.05) is 6.08 Å². The Kier molecular flexibility index (Phi) is 3.84. The van der Waals surface area contributed by atoms with Gasteiger partial charge in [0.05, 0.1) is 13.3 Å². The van der Waals surface area contributed by atoms with Crippen LogP contribution in [-0.4, -0.2) is 29.5 Å². The molecule has 0 bridgehead atoms. The number of nitrogens with zero attached hydrogens (tertiary/aromatic N) is 2. The zero-order valence-electron chi connectivity index (χ0n) is 10.9. The summed E-state index contributed by atoms with van der Waals surface area (Å²) >= 11 is 0. The molecule has 1 aromatic heterocycles.